The number of nitrogens with zero attached hydrogens (tertiary/aromatic N) is 2. The summed E-state index contributed by atoms with van der Waals surface area (Å²) in [6.45, 7) is 7.30. The van der Waals surface area contributed by atoms with Crippen LogP contribution in [0.1, 0.15) is 37.8 Å². The number of likely N-dealkylation sites (tertiary alicyclic amines) is 1. The molecule has 0 spiro atoms. The van der Waals surface area contributed by atoms with E-state index in [1.165, 1.54) is 18.9 Å². The summed E-state index contributed by atoms with van der Waals surface area (Å²) in [6, 6.07) is 6.73. The highest BCUT2D eigenvalue weighted by atomic mass is 19.1. The van der Waals surface area contributed by atoms with Crippen LogP contribution in [0.5, 0.6) is 0 Å². The predicted molar refractivity (Wildman–Crippen MR) is 74.0 cm³/mol. The Kier molecular flexibility index (Phi) is 4.55. The molecule has 0 aromatic heterocycles. The van der Waals surface area contributed by atoms with E-state index in [1.54, 1.807) is 12.1 Å². The summed E-state index contributed by atoms with van der Waals surface area (Å²) in [5.41, 5.74) is 1.08. The van der Waals surface area contributed by atoms with Gasteiger partial charge in [-0.05, 0) is 49.9 Å². The van der Waals surface area contributed by atoms with Crippen molar-refractivity contribution >= 4 is 0 Å². The predicted octanol–water partition coefficient (Wildman–Crippen LogP) is 3.57. The quantitative estimate of drug-likeness (QED) is 0.830. The van der Waals surface area contributed by atoms with Crippen molar-refractivity contribution in [1.29, 1.82) is 5.26 Å². The van der Waals surface area contributed by atoms with Crippen molar-refractivity contribution in [3.05, 3.63) is 35.1 Å². The Bertz CT molecular complexity index is 468. The number of halogens is 1. The molecule has 0 N–H and O–H groups in total. The zero-order valence-corrected chi connectivity index (χ0v) is 11.7. The molecule has 3 heteroatoms. The highest BCUT2D eigenvalue weighted by molar-refractivity contribution is 5.32. The number of hydrogen-bond acceptors (Lipinski definition) is 2. The van der Waals surface area contributed by atoms with Gasteiger partial charge in [0.15, 0.2) is 0 Å². The van der Waals surface area contributed by atoms with Gasteiger partial charge in [-0.25, -0.2) is 4.39 Å². The van der Waals surface area contributed by atoms with E-state index in [1.807, 2.05) is 6.07 Å². The third kappa shape index (κ3) is 3.54. The Morgan fingerprint density at radius 2 is 2.05 bits per heavy atom. The van der Waals surface area contributed by atoms with Gasteiger partial charge in [0.25, 0.3) is 0 Å². The summed E-state index contributed by atoms with van der Waals surface area (Å²) in [7, 11) is 0. The molecule has 2 rings (SSSR count). The van der Waals surface area contributed by atoms with Gasteiger partial charge in [-0.15, -0.1) is 0 Å². The fourth-order valence-electron chi connectivity index (χ4n) is 2.76. The Hall–Kier alpha value is -1.40. The van der Waals surface area contributed by atoms with Crippen LogP contribution in [0, 0.1) is 29.0 Å². The summed E-state index contributed by atoms with van der Waals surface area (Å²) in [5, 5.41) is 8.73. The Labute approximate surface area is 114 Å². The third-order valence-corrected chi connectivity index (χ3v) is 4.15. The van der Waals surface area contributed by atoms with Crippen LogP contribution >= 0.6 is 0 Å². The van der Waals surface area contributed by atoms with Crippen molar-refractivity contribution in [2.24, 2.45) is 11.8 Å². The van der Waals surface area contributed by atoms with Crippen LogP contribution in [0.3, 0.4) is 0 Å². The number of piperidine rings is 1. The van der Waals surface area contributed by atoms with Gasteiger partial charge in [0.05, 0.1) is 11.6 Å². The van der Waals surface area contributed by atoms with E-state index in [2.05, 4.69) is 18.7 Å². The molecule has 0 aliphatic carbocycles. The Balaban J connectivity index is 1.94. The maximum absolute atomic E-state index is 13.8. The fourth-order valence-corrected chi connectivity index (χ4v) is 2.76. The molecule has 102 valence electrons. The number of rotatable bonds is 3. The second kappa shape index (κ2) is 6.16. The second-order valence-corrected chi connectivity index (χ2v) is 5.78. The van der Waals surface area contributed by atoms with E-state index in [0.717, 1.165) is 24.9 Å². The van der Waals surface area contributed by atoms with Crippen LogP contribution in [0.4, 0.5) is 4.39 Å². The average molecular weight is 260 g/mol. The summed E-state index contributed by atoms with van der Waals surface area (Å²) in [4.78, 5) is 2.31. The van der Waals surface area contributed by atoms with E-state index < -0.39 is 0 Å². The summed E-state index contributed by atoms with van der Waals surface area (Å²) in [6.07, 6.45) is 2.41. The SMILES string of the molecule is CC(C)C1CCN(Cc2ccc(C#N)cc2F)CC1. The lowest BCUT2D eigenvalue weighted by atomic mass is 9.86. The molecule has 1 saturated heterocycles. The van der Waals surface area contributed by atoms with Crippen molar-refractivity contribution in [1.82, 2.24) is 4.90 Å². The monoisotopic (exact) mass is 260 g/mol. The first-order valence-corrected chi connectivity index (χ1v) is 7.01. The molecule has 1 aromatic rings. The van der Waals surface area contributed by atoms with Crippen LogP contribution in [0.25, 0.3) is 0 Å². The van der Waals surface area contributed by atoms with E-state index in [4.69, 9.17) is 5.26 Å². The molecule has 1 aromatic carbocycles. The molecular formula is C16H21FN2. The van der Waals surface area contributed by atoms with Gasteiger partial charge in [0, 0.05) is 12.1 Å². The smallest absolute Gasteiger partial charge is 0.129 e. The maximum atomic E-state index is 13.8. The first-order chi connectivity index (χ1) is 9.10. The van der Waals surface area contributed by atoms with Gasteiger partial charge in [-0.2, -0.15) is 5.26 Å². The summed E-state index contributed by atoms with van der Waals surface area (Å²) < 4.78 is 13.8. The lowest BCUT2D eigenvalue weighted by molar-refractivity contribution is 0.150. The summed E-state index contributed by atoms with van der Waals surface area (Å²) in [5.74, 6) is 1.29. The highest BCUT2D eigenvalue weighted by Crippen LogP contribution is 2.25. The van der Waals surface area contributed by atoms with Crippen molar-refractivity contribution in [3.8, 4) is 6.07 Å². The van der Waals surface area contributed by atoms with E-state index in [0.29, 0.717) is 17.7 Å². The maximum Gasteiger partial charge on any atom is 0.129 e. The topological polar surface area (TPSA) is 27.0 Å². The molecule has 1 fully saturated rings. The second-order valence-electron chi connectivity index (χ2n) is 5.78. The molecule has 1 heterocycles. The number of hydrogen-bond donors (Lipinski definition) is 0. The number of benzene rings is 1. The normalized spacial score (nSPS) is 17.6. The largest absolute Gasteiger partial charge is 0.299 e. The first kappa shape index (κ1) is 14.0. The van der Waals surface area contributed by atoms with E-state index in [-0.39, 0.29) is 5.82 Å². The molecule has 0 unspecified atom stereocenters. The van der Waals surface area contributed by atoms with Gasteiger partial charge < -0.3 is 0 Å². The average Bonchev–Trinajstić information content (AvgIpc) is 2.41. The van der Waals surface area contributed by atoms with Crippen molar-refractivity contribution in [2.45, 2.75) is 33.2 Å². The lowest BCUT2D eigenvalue weighted by Gasteiger charge is -2.33. The minimum Gasteiger partial charge on any atom is -0.299 e. The zero-order chi connectivity index (χ0) is 13.8. The van der Waals surface area contributed by atoms with Crippen LogP contribution in [-0.4, -0.2) is 18.0 Å². The molecule has 0 bridgehead atoms. The van der Waals surface area contributed by atoms with E-state index >= 15 is 0 Å². The van der Waals surface area contributed by atoms with Gasteiger partial charge in [0.2, 0.25) is 0 Å². The van der Waals surface area contributed by atoms with Gasteiger partial charge in [-0.3, -0.25) is 4.90 Å². The zero-order valence-electron chi connectivity index (χ0n) is 11.7. The first-order valence-electron chi connectivity index (χ1n) is 7.01. The van der Waals surface area contributed by atoms with Crippen LogP contribution in [0.2, 0.25) is 0 Å². The van der Waals surface area contributed by atoms with Crippen LogP contribution in [-0.2, 0) is 6.54 Å². The number of nitriles is 1. The van der Waals surface area contributed by atoms with E-state index in [9.17, 15) is 4.39 Å². The Morgan fingerprint density at radius 1 is 1.37 bits per heavy atom. The minimum absolute atomic E-state index is 0.259. The minimum atomic E-state index is -0.259. The van der Waals surface area contributed by atoms with Gasteiger partial charge >= 0.3 is 0 Å². The molecule has 0 saturated carbocycles. The van der Waals surface area contributed by atoms with Crippen LogP contribution < -0.4 is 0 Å². The highest BCUT2D eigenvalue weighted by Gasteiger charge is 2.22. The molecular weight excluding hydrogens is 239 g/mol. The van der Waals surface area contributed by atoms with Crippen molar-refractivity contribution in [3.63, 3.8) is 0 Å². The van der Waals surface area contributed by atoms with Crippen LogP contribution in [0.15, 0.2) is 18.2 Å². The molecule has 0 atom stereocenters. The molecule has 0 radical (unpaired) electrons. The van der Waals surface area contributed by atoms with Gasteiger partial charge in [0.1, 0.15) is 5.82 Å². The fraction of sp³-hybridized carbons (Fsp3) is 0.562. The summed E-state index contributed by atoms with van der Waals surface area (Å²) >= 11 is 0. The standard InChI is InChI=1S/C16H21FN2/c1-12(2)14-5-7-19(8-6-14)11-15-4-3-13(10-18)9-16(15)17/h3-4,9,12,14H,5-8,11H2,1-2H3. The Morgan fingerprint density at radius 3 is 2.58 bits per heavy atom. The molecule has 1 aliphatic rings. The molecule has 19 heavy (non-hydrogen) atoms. The third-order valence-electron chi connectivity index (χ3n) is 4.15. The lowest BCUT2D eigenvalue weighted by Crippen LogP contribution is -2.34. The molecule has 1 aliphatic heterocycles. The van der Waals surface area contributed by atoms with Crippen molar-refractivity contribution in [2.75, 3.05) is 13.1 Å². The molecule has 0 amide bonds. The molecule has 2 nitrogen and oxygen atoms in total. The van der Waals surface area contributed by atoms with Gasteiger partial charge in [-0.1, -0.05) is 19.9 Å². The van der Waals surface area contributed by atoms with Crippen molar-refractivity contribution < 1.29 is 4.39 Å².